The Kier molecular flexibility index (Phi) is 5.75. The molecule has 86 valence electrons. The third-order valence-electron chi connectivity index (χ3n) is 3.18. The van der Waals surface area contributed by atoms with Crippen molar-refractivity contribution in [1.82, 2.24) is 10.6 Å². The van der Waals surface area contributed by atoms with Crippen molar-refractivity contribution in [3.8, 4) is 12.3 Å². The predicted octanol–water partition coefficient (Wildman–Crippen LogP) is 1.91. The van der Waals surface area contributed by atoms with Gasteiger partial charge in [0.15, 0.2) is 0 Å². The molecular formula is C13H24N2. The maximum absolute atomic E-state index is 5.34. The van der Waals surface area contributed by atoms with E-state index in [-0.39, 0.29) is 0 Å². The van der Waals surface area contributed by atoms with Gasteiger partial charge in [0.25, 0.3) is 0 Å². The van der Waals surface area contributed by atoms with E-state index < -0.39 is 0 Å². The Morgan fingerprint density at radius 2 is 2.40 bits per heavy atom. The second-order valence-electron chi connectivity index (χ2n) is 4.61. The summed E-state index contributed by atoms with van der Waals surface area (Å²) in [5.74, 6) is 2.74. The van der Waals surface area contributed by atoms with Crippen LogP contribution in [0.4, 0.5) is 0 Å². The lowest BCUT2D eigenvalue weighted by molar-refractivity contribution is 0.387. The van der Waals surface area contributed by atoms with Crippen molar-refractivity contribution in [3.63, 3.8) is 0 Å². The summed E-state index contributed by atoms with van der Waals surface area (Å²) in [6.45, 7) is 5.65. The summed E-state index contributed by atoms with van der Waals surface area (Å²) < 4.78 is 0. The smallest absolute Gasteiger partial charge is 0.0240 e. The average Bonchev–Trinajstić information content (AvgIpc) is 2.69. The van der Waals surface area contributed by atoms with Crippen molar-refractivity contribution in [2.75, 3.05) is 6.54 Å². The number of terminal acetylenes is 1. The number of hydrogen-bond acceptors (Lipinski definition) is 2. The SMILES string of the molecule is C#CCC(CC)NC(C)CC1CCCN1. The van der Waals surface area contributed by atoms with Crippen LogP contribution in [0.2, 0.25) is 0 Å². The van der Waals surface area contributed by atoms with Gasteiger partial charge in [-0.1, -0.05) is 6.92 Å². The van der Waals surface area contributed by atoms with Crippen LogP contribution in [0.3, 0.4) is 0 Å². The van der Waals surface area contributed by atoms with Crippen LogP contribution in [0.5, 0.6) is 0 Å². The Hall–Kier alpha value is -0.520. The summed E-state index contributed by atoms with van der Waals surface area (Å²) in [5, 5.41) is 7.14. The summed E-state index contributed by atoms with van der Waals surface area (Å²) in [6.07, 6.45) is 11.2. The average molecular weight is 208 g/mol. The highest BCUT2D eigenvalue weighted by atomic mass is 15.0. The van der Waals surface area contributed by atoms with Crippen LogP contribution in [0.15, 0.2) is 0 Å². The van der Waals surface area contributed by atoms with E-state index in [0.717, 1.165) is 18.9 Å². The zero-order valence-electron chi connectivity index (χ0n) is 10.1. The highest BCUT2D eigenvalue weighted by Gasteiger charge is 2.18. The van der Waals surface area contributed by atoms with Gasteiger partial charge < -0.3 is 10.6 Å². The van der Waals surface area contributed by atoms with Gasteiger partial charge in [-0.15, -0.1) is 12.3 Å². The molecule has 1 aliphatic rings. The molecule has 1 saturated heterocycles. The summed E-state index contributed by atoms with van der Waals surface area (Å²) in [7, 11) is 0. The molecule has 0 saturated carbocycles. The van der Waals surface area contributed by atoms with Crippen LogP contribution in [-0.2, 0) is 0 Å². The number of rotatable bonds is 6. The summed E-state index contributed by atoms with van der Waals surface area (Å²) in [4.78, 5) is 0. The maximum Gasteiger partial charge on any atom is 0.0240 e. The molecule has 3 unspecified atom stereocenters. The monoisotopic (exact) mass is 208 g/mol. The molecule has 0 aromatic carbocycles. The largest absolute Gasteiger partial charge is 0.314 e. The third kappa shape index (κ3) is 4.68. The van der Waals surface area contributed by atoms with E-state index in [1.165, 1.54) is 25.8 Å². The van der Waals surface area contributed by atoms with Crippen LogP contribution < -0.4 is 10.6 Å². The summed E-state index contributed by atoms with van der Waals surface area (Å²) >= 11 is 0. The van der Waals surface area contributed by atoms with E-state index in [4.69, 9.17) is 6.42 Å². The first kappa shape index (κ1) is 12.5. The van der Waals surface area contributed by atoms with E-state index in [1.54, 1.807) is 0 Å². The molecule has 1 fully saturated rings. The predicted molar refractivity (Wildman–Crippen MR) is 65.8 cm³/mol. The van der Waals surface area contributed by atoms with Gasteiger partial charge in [-0.25, -0.2) is 0 Å². The Balaban J connectivity index is 2.21. The minimum Gasteiger partial charge on any atom is -0.314 e. The molecule has 3 atom stereocenters. The van der Waals surface area contributed by atoms with Crippen LogP contribution >= 0.6 is 0 Å². The van der Waals surface area contributed by atoms with Gasteiger partial charge in [-0.05, 0) is 39.2 Å². The topological polar surface area (TPSA) is 24.1 Å². The van der Waals surface area contributed by atoms with Crippen molar-refractivity contribution in [1.29, 1.82) is 0 Å². The lowest BCUT2D eigenvalue weighted by Crippen LogP contribution is -2.39. The molecule has 0 aliphatic carbocycles. The van der Waals surface area contributed by atoms with Crippen molar-refractivity contribution < 1.29 is 0 Å². The molecule has 2 N–H and O–H groups in total. The standard InChI is InChI=1S/C13H24N2/c1-4-7-12(5-2)15-11(3)10-13-8-6-9-14-13/h1,11-15H,5-10H2,2-3H3. The van der Waals surface area contributed by atoms with Crippen LogP contribution in [0.1, 0.15) is 46.0 Å². The summed E-state index contributed by atoms with van der Waals surface area (Å²) in [6, 6.07) is 1.78. The van der Waals surface area contributed by atoms with Crippen molar-refractivity contribution in [2.45, 2.75) is 64.1 Å². The second-order valence-corrected chi connectivity index (χ2v) is 4.61. The molecule has 0 aromatic heterocycles. The minimum absolute atomic E-state index is 0.492. The van der Waals surface area contributed by atoms with Gasteiger partial charge in [0, 0.05) is 24.5 Å². The molecule has 0 spiro atoms. The Morgan fingerprint density at radius 3 is 2.93 bits per heavy atom. The first-order valence-corrected chi connectivity index (χ1v) is 6.19. The highest BCUT2D eigenvalue weighted by molar-refractivity contribution is 4.90. The molecule has 0 radical (unpaired) electrons. The number of hydrogen-bond donors (Lipinski definition) is 2. The van der Waals surface area contributed by atoms with Gasteiger partial charge in [0.2, 0.25) is 0 Å². The van der Waals surface area contributed by atoms with E-state index >= 15 is 0 Å². The lowest BCUT2D eigenvalue weighted by Gasteiger charge is -2.23. The molecule has 0 amide bonds. The van der Waals surface area contributed by atoms with Crippen molar-refractivity contribution in [3.05, 3.63) is 0 Å². The Labute approximate surface area is 94.2 Å². The summed E-state index contributed by atoms with van der Waals surface area (Å²) in [5.41, 5.74) is 0. The van der Waals surface area contributed by atoms with Gasteiger partial charge in [-0.3, -0.25) is 0 Å². The van der Waals surface area contributed by atoms with Crippen molar-refractivity contribution in [2.24, 2.45) is 0 Å². The first-order valence-electron chi connectivity index (χ1n) is 6.19. The van der Waals surface area contributed by atoms with Gasteiger partial charge in [0.05, 0.1) is 0 Å². The van der Waals surface area contributed by atoms with E-state index in [2.05, 4.69) is 30.4 Å². The fourth-order valence-electron chi connectivity index (χ4n) is 2.32. The van der Waals surface area contributed by atoms with Crippen LogP contribution in [0.25, 0.3) is 0 Å². The molecule has 15 heavy (non-hydrogen) atoms. The Morgan fingerprint density at radius 1 is 1.60 bits per heavy atom. The van der Waals surface area contributed by atoms with E-state index in [9.17, 15) is 0 Å². The fraction of sp³-hybridized carbons (Fsp3) is 0.846. The molecule has 0 aromatic rings. The number of nitrogens with one attached hydrogen (secondary N) is 2. The van der Waals surface area contributed by atoms with Crippen molar-refractivity contribution >= 4 is 0 Å². The molecule has 0 bridgehead atoms. The first-order chi connectivity index (χ1) is 7.26. The van der Waals surface area contributed by atoms with Crippen LogP contribution in [0, 0.1) is 12.3 Å². The molecule has 1 rings (SSSR count). The molecular weight excluding hydrogens is 184 g/mol. The molecule has 1 heterocycles. The third-order valence-corrected chi connectivity index (χ3v) is 3.18. The molecule has 1 aliphatic heterocycles. The van der Waals surface area contributed by atoms with E-state index in [0.29, 0.717) is 12.1 Å². The zero-order chi connectivity index (χ0) is 11.1. The normalized spacial score (nSPS) is 24.7. The zero-order valence-corrected chi connectivity index (χ0v) is 10.1. The highest BCUT2D eigenvalue weighted by Crippen LogP contribution is 2.11. The van der Waals surface area contributed by atoms with Gasteiger partial charge in [0.1, 0.15) is 0 Å². The Bertz CT molecular complexity index is 201. The molecule has 2 heteroatoms. The van der Waals surface area contributed by atoms with Gasteiger partial charge in [-0.2, -0.15) is 0 Å². The van der Waals surface area contributed by atoms with Crippen LogP contribution in [-0.4, -0.2) is 24.7 Å². The van der Waals surface area contributed by atoms with Gasteiger partial charge >= 0.3 is 0 Å². The fourth-order valence-corrected chi connectivity index (χ4v) is 2.32. The quantitative estimate of drug-likeness (QED) is 0.652. The molecule has 2 nitrogen and oxygen atoms in total. The second kappa shape index (κ2) is 6.87. The lowest BCUT2D eigenvalue weighted by atomic mass is 10.0. The van der Waals surface area contributed by atoms with E-state index in [1.807, 2.05) is 0 Å². The minimum atomic E-state index is 0.492. The maximum atomic E-state index is 5.34.